The third-order valence-corrected chi connectivity index (χ3v) is 5.05. The van der Waals surface area contributed by atoms with Crippen LogP contribution >= 0.6 is 0 Å². The number of amides is 1. The van der Waals surface area contributed by atoms with Gasteiger partial charge in [-0.1, -0.05) is 18.2 Å². The van der Waals surface area contributed by atoms with E-state index in [-0.39, 0.29) is 17.7 Å². The lowest BCUT2D eigenvalue weighted by molar-refractivity contribution is -0.141. The number of Topliss-reactive ketones (excluding diaryl/α,β-unsaturated/α-hetero) is 1. The Morgan fingerprint density at radius 2 is 1.76 bits per heavy atom. The molecule has 2 aromatic rings. The van der Waals surface area contributed by atoms with E-state index >= 15 is 0 Å². The summed E-state index contributed by atoms with van der Waals surface area (Å²) >= 11 is 0. The molecule has 2 heterocycles. The number of hydrogen-bond acceptors (Lipinski definition) is 4. The Morgan fingerprint density at radius 1 is 1.12 bits per heavy atom. The van der Waals surface area contributed by atoms with Crippen molar-refractivity contribution < 1.29 is 14.7 Å². The number of fused-ring (bicyclic) bond motifs is 1. The first kappa shape index (κ1) is 17.6. The predicted molar refractivity (Wildman–Crippen MR) is 96.7 cm³/mol. The maximum Gasteiger partial charge on any atom is 0.251 e. The normalized spacial score (nSPS) is 18.3. The average molecular weight is 343 g/mol. The van der Waals surface area contributed by atoms with Gasteiger partial charge in [-0.3, -0.25) is 14.5 Å². The third kappa shape index (κ3) is 3.32. The van der Waals surface area contributed by atoms with Crippen LogP contribution in [-0.4, -0.2) is 69.9 Å². The summed E-state index contributed by atoms with van der Waals surface area (Å²) in [6.45, 7) is 7.68. The van der Waals surface area contributed by atoms with E-state index in [4.69, 9.17) is 0 Å². The summed E-state index contributed by atoms with van der Waals surface area (Å²) in [5.41, 5.74) is 2.62. The topological polar surface area (TPSA) is 76.6 Å². The van der Waals surface area contributed by atoms with Crippen LogP contribution in [0, 0.1) is 6.92 Å². The number of para-hydroxylation sites is 1. The minimum atomic E-state index is -0.973. The molecule has 1 saturated heterocycles. The molecule has 0 saturated carbocycles. The second-order valence-electron chi connectivity index (χ2n) is 6.75. The van der Waals surface area contributed by atoms with Crippen LogP contribution in [0.5, 0.6) is 0 Å². The van der Waals surface area contributed by atoms with Crippen molar-refractivity contribution in [1.82, 2.24) is 14.8 Å². The molecule has 2 unspecified atom stereocenters. The first-order valence-corrected chi connectivity index (χ1v) is 8.72. The van der Waals surface area contributed by atoms with Crippen LogP contribution in [0.1, 0.15) is 29.9 Å². The number of aliphatic hydroxyl groups is 1. The molecule has 2 atom stereocenters. The number of aliphatic hydroxyl groups excluding tert-OH is 1. The SMILES string of the molecule is Cc1[nH]c2ccccc2c1C(=O)C(C)N1CCN(C(=O)C(C)O)CC1. The van der Waals surface area contributed by atoms with Crippen molar-refractivity contribution in [2.24, 2.45) is 0 Å². The zero-order valence-corrected chi connectivity index (χ0v) is 15.0. The van der Waals surface area contributed by atoms with Gasteiger partial charge in [-0.05, 0) is 26.8 Å². The van der Waals surface area contributed by atoms with Crippen LogP contribution in [0.25, 0.3) is 10.9 Å². The maximum absolute atomic E-state index is 13.1. The van der Waals surface area contributed by atoms with Crippen molar-refractivity contribution in [3.63, 3.8) is 0 Å². The molecule has 2 N–H and O–H groups in total. The maximum atomic E-state index is 13.1. The summed E-state index contributed by atoms with van der Waals surface area (Å²) in [4.78, 5) is 32.0. The van der Waals surface area contributed by atoms with Crippen LogP contribution in [0.3, 0.4) is 0 Å². The molecule has 25 heavy (non-hydrogen) atoms. The predicted octanol–water partition coefficient (Wildman–Crippen LogP) is 1.57. The fourth-order valence-corrected chi connectivity index (χ4v) is 3.56. The Kier molecular flexibility index (Phi) is 4.92. The highest BCUT2D eigenvalue weighted by Crippen LogP contribution is 2.24. The van der Waals surface area contributed by atoms with Crippen LogP contribution in [0.4, 0.5) is 0 Å². The summed E-state index contributed by atoms with van der Waals surface area (Å²) < 4.78 is 0. The molecule has 134 valence electrons. The second kappa shape index (κ2) is 6.98. The number of H-pyrrole nitrogens is 1. The van der Waals surface area contributed by atoms with Gasteiger partial charge in [0.1, 0.15) is 6.10 Å². The van der Waals surface area contributed by atoms with E-state index in [2.05, 4.69) is 9.88 Å². The molecular weight excluding hydrogens is 318 g/mol. The number of ketones is 1. The monoisotopic (exact) mass is 343 g/mol. The Hall–Kier alpha value is -2.18. The van der Waals surface area contributed by atoms with E-state index in [0.717, 1.165) is 22.2 Å². The number of piperazine rings is 1. The van der Waals surface area contributed by atoms with Crippen molar-refractivity contribution in [2.45, 2.75) is 32.9 Å². The lowest BCUT2D eigenvalue weighted by Crippen LogP contribution is -2.54. The summed E-state index contributed by atoms with van der Waals surface area (Å²) in [7, 11) is 0. The Balaban J connectivity index is 1.73. The average Bonchev–Trinajstić information content (AvgIpc) is 2.95. The standard InChI is InChI=1S/C19H25N3O3/c1-12-17(15-6-4-5-7-16(15)20-12)18(24)13(2)21-8-10-22(11-9-21)19(25)14(3)23/h4-7,13-14,20,23H,8-11H2,1-3H3. The first-order valence-electron chi connectivity index (χ1n) is 8.72. The molecule has 0 spiro atoms. The van der Waals surface area contributed by atoms with Gasteiger partial charge in [0, 0.05) is 48.3 Å². The number of nitrogens with one attached hydrogen (secondary N) is 1. The summed E-state index contributed by atoms with van der Waals surface area (Å²) in [5.74, 6) is -0.142. The highest BCUT2D eigenvalue weighted by molar-refractivity contribution is 6.11. The van der Waals surface area contributed by atoms with Crippen LogP contribution in [0.15, 0.2) is 24.3 Å². The van der Waals surface area contributed by atoms with Crippen LogP contribution < -0.4 is 0 Å². The highest BCUT2D eigenvalue weighted by Gasteiger charge is 2.30. The fraction of sp³-hybridized carbons (Fsp3) is 0.474. The van der Waals surface area contributed by atoms with Crippen LogP contribution in [-0.2, 0) is 4.79 Å². The molecule has 1 amide bonds. The van der Waals surface area contributed by atoms with Gasteiger partial charge in [0.15, 0.2) is 5.78 Å². The second-order valence-corrected chi connectivity index (χ2v) is 6.75. The summed E-state index contributed by atoms with van der Waals surface area (Å²) in [6, 6.07) is 7.59. The van der Waals surface area contributed by atoms with E-state index in [0.29, 0.717) is 26.2 Å². The van der Waals surface area contributed by atoms with E-state index in [1.54, 1.807) is 4.90 Å². The number of rotatable bonds is 4. The molecule has 6 nitrogen and oxygen atoms in total. The number of aryl methyl sites for hydroxylation is 1. The number of aromatic amines is 1. The molecule has 6 heteroatoms. The van der Waals surface area contributed by atoms with Crippen molar-refractivity contribution in [3.8, 4) is 0 Å². The Labute approximate surface area is 147 Å². The van der Waals surface area contributed by atoms with E-state index in [1.807, 2.05) is 38.1 Å². The van der Waals surface area contributed by atoms with E-state index < -0.39 is 6.10 Å². The summed E-state index contributed by atoms with van der Waals surface area (Å²) in [6.07, 6.45) is -0.973. The van der Waals surface area contributed by atoms with Crippen molar-refractivity contribution in [1.29, 1.82) is 0 Å². The molecule has 1 aromatic carbocycles. The molecule has 0 aliphatic carbocycles. The van der Waals surface area contributed by atoms with Gasteiger partial charge < -0.3 is 15.0 Å². The number of benzene rings is 1. The van der Waals surface area contributed by atoms with Gasteiger partial charge in [0.2, 0.25) is 0 Å². The number of carbonyl (C=O) groups excluding carboxylic acids is 2. The first-order chi connectivity index (χ1) is 11.9. The van der Waals surface area contributed by atoms with Gasteiger partial charge in [-0.15, -0.1) is 0 Å². The lowest BCUT2D eigenvalue weighted by atomic mass is 10.0. The molecule has 0 bridgehead atoms. The van der Waals surface area contributed by atoms with Crippen molar-refractivity contribution >= 4 is 22.6 Å². The smallest absolute Gasteiger partial charge is 0.251 e. The van der Waals surface area contributed by atoms with E-state index in [1.165, 1.54) is 6.92 Å². The highest BCUT2D eigenvalue weighted by atomic mass is 16.3. The zero-order valence-electron chi connectivity index (χ0n) is 15.0. The quantitative estimate of drug-likeness (QED) is 0.826. The Morgan fingerprint density at radius 3 is 2.40 bits per heavy atom. The number of hydrogen-bond donors (Lipinski definition) is 2. The van der Waals surface area contributed by atoms with E-state index in [9.17, 15) is 14.7 Å². The number of aromatic nitrogens is 1. The molecule has 0 radical (unpaired) electrons. The minimum Gasteiger partial charge on any atom is -0.384 e. The fourth-order valence-electron chi connectivity index (χ4n) is 3.56. The van der Waals surface area contributed by atoms with Crippen LogP contribution in [0.2, 0.25) is 0 Å². The molecule has 1 aliphatic heterocycles. The third-order valence-electron chi connectivity index (χ3n) is 5.05. The molecule has 3 rings (SSSR count). The number of nitrogens with zero attached hydrogens (tertiary/aromatic N) is 2. The molecular formula is C19H25N3O3. The molecule has 1 fully saturated rings. The van der Waals surface area contributed by atoms with Gasteiger partial charge in [-0.2, -0.15) is 0 Å². The zero-order chi connectivity index (χ0) is 18.1. The van der Waals surface area contributed by atoms with Crippen molar-refractivity contribution in [3.05, 3.63) is 35.5 Å². The van der Waals surface area contributed by atoms with Gasteiger partial charge in [0.05, 0.1) is 6.04 Å². The summed E-state index contributed by atoms with van der Waals surface area (Å²) in [5, 5.41) is 10.4. The Bertz CT molecular complexity index is 788. The lowest BCUT2D eigenvalue weighted by Gasteiger charge is -2.37. The van der Waals surface area contributed by atoms with Gasteiger partial charge >= 0.3 is 0 Å². The number of carbonyl (C=O) groups is 2. The van der Waals surface area contributed by atoms with Gasteiger partial charge in [0.25, 0.3) is 5.91 Å². The largest absolute Gasteiger partial charge is 0.384 e. The van der Waals surface area contributed by atoms with Crippen molar-refractivity contribution in [2.75, 3.05) is 26.2 Å². The minimum absolute atomic E-state index is 0.102. The molecule has 1 aromatic heterocycles. The molecule has 1 aliphatic rings. The van der Waals surface area contributed by atoms with Gasteiger partial charge in [-0.25, -0.2) is 0 Å².